The standard InChI is InChI=1S/C18H24N4O/c1-3-11-19-17(23)14-8-7-12-21(13-14)18-20-15-9-5-6-10-16(15)22(18)4-2/h3,5-6,9-10,14H,1,4,7-8,11-13H2,2H3,(H,19,23)/t14-/m0/s1. The summed E-state index contributed by atoms with van der Waals surface area (Å²) in [4.78, 5) is 19.3. The van der Waals surface area contributed by atoms with E-state index in [1.54, 1.807) is 6.08 Å². The number of fused-ring (bicyclic) bond motifs is 1. The molecule has 0 saturated carbocycles. The quantitative estimate of drug-likeness (QED) is 0.863. The molecule has 23 heavy (non-hydrogen) atoms. The van der Waals surface area contributed by atoms with E-state index in [9.17, 15) is 4.79 Å². The van der Waals surface area contributed by atoms with Crippen molar-refractivity contribution in [3.05, 3.63) is 36.9 Å². The maximum absolute atomic E-state index is 12.2. The Balaban J connectivity index is 1.83. The Morgan fingerprint density at radius 1 is 1.48 bits per heavy atom. The van der Waals surface area contributed by atoms with Gasteiger partial charge in [0.15, 0.2) is 0 Å². The second-order valence-corrected chi connectivity index (χ2v) is 5.96. The number of hydrogen-bond donors (Lipinski definition) is 1. The van der Waals surface area contributed by atoms with Crippen LogP contribution in [0.15, 0.2) is 36.9 Å². The summed E-state index contributed by atoms with van der Waals surface area (Å²) >= 11 is 0. The monoisotopic (exact) mass is 312 g/mol. The lowest BCUT2D eigenvalue weighted by Crippen LogP contribution is -2.44. The van der Waals surface area contributed by atoms with E-state index in [2.05, 4.69) is 34.4 Å². The average Bonchev–Trinajstić information content (AvgIpc) is 2.98. The highest BCUT2D eigenvalue weighted by Gasteiger charge is 2.28. The van der Waals surface area contributed by atoms with Crippen LogP contribution in [0.25, 0.3) is 11.0 Å². The van der Waals surface area contributed by atoms with Crippen molar-refractivity contribution in [3.63, 3.8) is 0 Å². The van der Waals surface area contributed by atoms with Gasteiger partial charge in [0.05, 0.1) is 17.0 Å². The molecule has 1 saturated heterocycles. The largest absolute Gasteiger partial charge is 0.352 e. The lowest BCUT2D eigenvalue weighted by molar-refractivity contribution is -0.125. The van der Waals surface area contributed by atoms with Crippen molar-refractivity contribution in [2.24, 2.45) is 5.92 Å². The molecule has 1 aliphatic heterocycles. The fourth-order valence-electron chi connectivity index (χ4n) is 3.31. The fraction of sp³-hybridized carbons (Fsp3) is 0.444. The summed E-state index contributed by atoms with van der Waals surface area (Å²) in [5.41, 5.74) is 2.17. The van der Waals surface area contributed by atoms with Crippen LogP contribution in [0.3, 0.4) is 0 Å². The Kier molecular flexibility index (Phi) is 4.65. The first-order valence-electron chi connectivity index (χ1n) is 8.33. The highest BCUT2D eigenvalue weighted by Crippen LogP contribution is 2.26. The third-order valence-electron chi connectivity index (χ3n) is 4.45. The van der Waals surface area contributed by atoms with Gasteiger partial charge in [-0.1, -0.05) is 18.2 Å². The Labute approximate surface area is 137 Å². The average molecular weight is 312 g/mol. The number of imidazole rings is 1. The summed E-state index contributed by atoms with van der Waals surface area (Å²) in [6, 6.07) is 8.21. The fourth-order valence-corrected chi connectivity index (χ4v) is 3.31. The smallest absolute Gasteiger partial charge is 0.225 e. The molecule has 3 rings (SSSR count). The van der Waals surface area contributed by atoms with Gasteiger partial charge >= 0.3 is 0 Å². The number of para-hydroxylation sites is 2. The second kappa shape index (κ2) is 6.86. The van der Waals surface area contributed by atoms with Crippen LogP contribution in [0.2, 0.25) is 0 Å². The number of aryl methyl sites for hydroxylation is 1. The molecule has 5 nitrogen and oxygen atoms in total. The number of nitrogens with zero attached hydrogens (tertiary/aromatic N) is 3. The molecule has 5 heteroatoms. The first-order valence-corrected chi connectivity index (χ1v) is 8.33. The highest BCUT2D eigenvalue weighted by molar-refractivity contribution is 5.81. The van der Waals surface area contributed by atoms with E-state index in [0.717, 1.165) is 49.5 Å². The minimum absolute atomic E-state index is 0.0221. The molecule has 0 unspecified atom stereocenters. The molecule has 1 aliphatic rings. The Bertz CT molecular complexity index is 706. The summed E-state index contributed by atoms with van der Waals surface area (Å²) in [7, 11) is 0. The zero-order valence-corrected chi connectivity index (χ0v) is 13.7. The number of anilines is 1. The Hall–Kier alpha value is -2.30. The molecule has 2 heterocycles. The van der Waals surface area contributed by atoms with Crippen molar-refractivity contribution in [2.75, 3.05) is 24.5 Å². The third-order valence-corrected chi connectivity index (χ3v) is 4.45. The number of carbonyl (C=O) groups excluding carboxylic acids is 1. The number of hydrogen-bond acceptors (Lipinski definition) is 3. The van der Waals surface area contributed by atoms with Gasteiger partial charge in [0.25, 0.3) is 0 Å². The third kappa shape index (κ3) is 3.09. The highest BCUT2D eigenvalue weighted by atomic mass is 16.1. The number of rotatable bonds is 5. The SMILES string of the molecule is C=CCNC(=O)[C@H]1CCCN(c2nc3ccccc3n2CC)C1. The van der Waals surface area contributed by atoms with Crippen LogP contribution in [0.1, 0.15) is 19.8 Å². The van der Waals surface area contributed by atoms with Crippen molar-refractivity contribution >= 4 is 22.9 Å². The molecule has 1 amide bonds. The molecule has 0 radical (unpaired) electrons. The Morgan fingerprint density at radius 2 is 2.30 bits per heavy atom. The molecule has 1 aromatic carbocycles. The van der Waals surface area contributed by atoms with Gasteiger partial charge in [-0.15, -0.1) is 6.58 Å². The van der Waals surface area contributed by atoms with Crippen LogP contribution < -0.4 is 10.2 Å². The molecule has 0 aliphatic carbocycles. The molecular weight excluding hydrogens is 288 g/mol. The van der Waals surface area contributed by atoms with Gasteiger partial charge in [0.2, 0.25) is 11.9 Å². The first-order chi connectivity index (χ1) is 11.2. The molecule has 0 bridgehead atoms. The van der Waals surface area contributed by atoms with Crippen LogP contribution in [0.5, 0.6) is 0 Å². The minimum atomic E-state index is 0.0221. The zero-order chi connectivity index (χ0) is 16.2. The van der Waals surface area contributed by atoms with Crippen molar-refractivity contribution in [1.82, 2.24) is 14.9 Å². The van der Waals surface area contributed by atoms with Crippen LogP contribution >= 0.6 is 0 Å². The van der Waals surface area contributed by atoms with Crippen molar-refractivity contribution < 1.29 is 4.79 Å². The van der Waals surface area contributed by atoms with Gasteiger partial charge in [-0.25, -0.2) is 4.98 Å². The van der Waals surface area contributed by atoms with E-state index in [1.807, 2.05) is 18.2 Å². The van der Waals surface area contributed by atoms with Crippen molar-refractivity contribution in [1.29, 1.82) is 0 Å². The second-order valence-electron chi connectivity index (χ2n) is 5.96. The lowest BCUT2D eigenvalue weighted by Gasteiger charge is -2.33. The molecule has 122 valence electrons. The number of nitrogens with one attached hydrogen (secondary N) is 1. The summed E-state index contributed by atoms with van der Waals surface area (Å²) in [6.45, 7) is 8.87. The Morgan fingerprint density at radius 3 is 3.09 bits per heavy atom. The van der Waals surface area contributed by atoms with Gasteiger partial charge < -0.3 is 14.8 Å². The van der Waals surface area contributed by atoms with E-state index in [1.165, 1.54) is 0 Å². The topological polar surface area (TPSA) is 50.2 Å². The van der Waals surface area contributed by atoms with Crippen LogP contribution in [-0.4, -0.2) is 35.1 Å². The van der Waals surface area contributed by atoms with Crippen LogP contribution in [0, 0.1) is 5.92 Å². The predicted molar refractivity (Wildman–Crippen MR) is 93.6 cm³/mol. The van der Waals surface area contributed by atoms with Gasteiger partial charge in [-0.3, -0.25) is 4.79 Å². The first kappa shape index (κ1) is 15.6. The van der Waals surface area contributed by atoms with Crippen LogP contribution in [0.4, 0.5) is 5.95 Å². The van der Waals surface area contributed by atoms with Crippen molar-refractivity contribution in [2.45, 2.75) is 26.3 Å². The van der Waals surface area contributed by atoms with Gasteiger partial charge in [-0.2, -0.15) is 0 Å². The zero-order valence-electron chi connectivity index (χ0n) is 13.7. The normalized spacial score (nSPS) is 18.1. The lowest BCUT2D eigenvalue weighted by atomic mass is 9.97. The summed E-state index contributed by atoms with van der Waals surface area (Å²) < 4.78 is 2.24. The number of aromatic nitrogens is 2. The van der Waals surface area contributed by atoms with E-state index in [-0.39, 0.29) is 11.8 Å². The molecular formula is C18H24N4O. The molecule has 1 aromatic heterocycles. The van der Waals surface area contributed by atoms with Gasteiger partial charge in [0.1, 0.15) is 0 Å². The van der Waals surface area contributed by atoms with Crippen LogP contribution in [-0.2, 0) is 11.3 Å². The van der Waals surface area contributed by atoms with Crippen molar-refractivity contribution in [3.8, 4) is 0 Å². The molecule has 1 atom stereocenters. The van der Waals surface area contributed by atoms with E-state index in [0.29, 0.717) is 6.54 Å². The molecule has 1 fully saturated rings. The summed E-state index contributed by atoms with van der Waals surface area (Å²) in [6.07, 6.45) is 3.67. The van der Waals surface area contributed by atoms with E-state index in [4.69, 9.17) is 4.98 Å². The number of carbonyl (C=O) groups is 1. The number of benzene rings is 1. The molecule has 0 spiro atoms. The minimum Gasteiger partial charge on any atom is -0.352 e. The maximum Gasteiger partial charge on any atom is 0.225 e. The molecule has 2 aromatic rings. The predicted octanol–water partition coefficient (Wildman–Crippen LogP) is 2.57. The number of piperidine rings is 1. The summed E-state index contributed by atoms with van der Waals surface area (Å²) in [5.74, 6) is 1.12. The molecule has 1 N–H and O–H groups in total. The van der Waals surface area contributed by atoms with E-state index < -0.39 is 0 Å². The summed E-state index contributed by atoms with van der Waals surface area (Å²) in [5, 5.41) is 2.92. The maximum atomic E-state index is 12.2. The number of amides is 1. The van der Waals surface area contributed by atoms with Gasteiger partial charge in [-0.05, 0) is 31.9 Å². The van der Waals surface area contributed by atoms with E-state index >= 15 is 0 Å². The van der Waals surface area contributed by atoms with Gasteiger partial charge in [0, 0.05) is 26.2 Å².